The van der Waals surface area contributed by atoms with Gasteiger partial charge in [0.2, 0.25) is 0 Å². The van der Waals surface area contributed by atoms with Crippen LogP contribution < -0.4 is 45.7 Å². The number of anilines is 4. The molecule has 5 N–H and O–H groups in total. The molecule has 0 spiro atoms. The maximum Gasteiger partial charge on any atom is 0.496 e. The zero-order chi connectivity index (χ0) is 102. The van der Waals surface area contributed by atoms with E-state index in [-0.39, 0.29) is 42.6 Å². The highest BCUT2D eigenvalue weighted by molar-refractivity contribution is 9.10. The van der Waals surface area contributed by atoms with Gasteiger partial charge in [0.05, 0.1) is 93.6 Å². The van der Waals surface area contributed by atoms with E-state index in [4.69, 9.17) is 47.7 Å². The summed E-state index contributed by atoms with van der Waals surface area (Å²) in [7, 11) is 5.64. The minimum absolute atomic E-state index is 0.268. The molecule has 28 heteroatoms. The van der Waals surface area contributed by atoms with Crippen molar-refractivity contribution >= 4 is 87.8 Å². The number of carboxylic acids is 1. The topological polar surface area (TPSA) is 366 Å². The number of carboxylic acid groups (broad SMARTS) is 1. The standard InChI is InChI=1S/C27H29N3O3.C27H27N3O3.C25H25N3O3.C19H25BN2O2.C14H14BrNO3/c2*1-5-33-27(31)19(3)12-23-13-22(14-24(15-28)26(23)32-4)21-9-10-25(30-17-21)29-16-20-8-6-7-18(2)11-20;1-16-5-4-6-18(9-16)14-27-23-8-7-19(15-28-23)20-11-21(10-17(2)25(29)30)24(31-3)22(12-20)13-26;1-14-7-6-8-15(11-14)12-21-17-10-9-16(13-22-17)20-23-18(2,3)19(4,5)24-20;1-4-19-14(17)9(2)5-10-6-12(15)7-11(8-16)13(10)18-3/h6-11,13-14,17,19H,5,12,16H2,1-4H3,(H,29,30);6-14,17H,5,16H2,1-4H3,(H,29,30);4-9,11-12,15,17H,10,14H2,1-3H3,(H,27,28)(H,29,30);6-11,13H,12H2,1-5H3,(H,21,22);5-7H,4H2,1-3H3/b;19-12+;;;9-5+. The van der Waals surface area contributed by atoms with Crippen LogP contribution in [0, 0.1) is 84.9 Å². The molecule has 2 unspecified atom stereocenters. The third-order valence-corrected chi connectivity index (χ3v) is 23.2. The number of benzene rings is 8. The van der Waals surface area contributed by atoms with Crippen molar-refractivity contribution in [1.29, 1.82) is 21.0 Å². The molecule has 0 saturated carbocycles. The van der Waals surface area contributed by atoms with Crippen LogP contribution in [0.2, 0.25) is 0 Å². The summed E-state index contributed by atoms with van der Waals surface area (Å²) < 4.78 is 49.5. The van der Waals surface area contributed by atoms with Gasteiger partial charge in [0.25, 0.3) is 0 Å². The predicted octanol–water partition coefficient (Wildman–Crippen LogP) is 22.2. The molecule has 722 valence electrons. The smallest absolute Gasteiger partial charge is 0.495 e. The first-order valence-electron chi connectivity index (χ1n) is 45.7. The summed E-state index contributed by atoms with van der Waals surface area (Å²) in [6.07, 6.45) is 11.1. The molecule has 2 atom stereocenters. The van der Waals surface area contributed by atoms with Crippen molar-refractivity contribution in [2.45, 2.75) is 154 Å². The second-order valence-electron chi connectivity index (χ2n) is 34.2. The number of aromatic nitrogens is 4. The van der Waals surface area contributed by atoms with E-state index >= 15 is 0 Å². The molecule has 1 saturated heterocycles. The molecule has 0 amide bonds. The van der Waals surface area contributed by atoms with Crippen LogP contribution in [0.3, 0.4) is 0 Å². The fourth-order valence-corrected chi connectivity index (χ4v) is 15.3. The van der Waals surface area contributed by atoms with Crippen LogP contribution in [0.5, 0.6) is 23.0 Å². The summed E-state index contributed by atoms with van der Waals surface area (Å²) in [5, 5.41) is 60.5. The average molecular weight is 1950 g/mol. The molecule has 1 fully saturated rings. The van der Waals surface area contributed by atoms with Gasteiger partial charge in [0.1, 0.15) is 70.5 Å². The highest BCUT2D eigenvalue weighted by Crippen LogP contribution is 2.40. The summed E-state index contributed by atoms with van der Waals surface area (Å²) in [4.78, 5) is 65.1. The lowest BCUT2D eigenvalue weighted by Crippen LogP contribution is -2.41. The number of rotatable bonds is 33. The molecule has 0 bridgehead atoms. The summed E-state index contributed by atoms with van der Waals surface area (Å²) in [5.74, 6) is 1.97. The van der Waals surface area contributed by atoms with Crippen molar-refractivity contribution in [3.05, 3.63) is 324 Å². The van der Waals surface area contributed by atoms with E-state index in [2.05, 4.69) is 216 Å². The highest BCUT2D eigenvalue weighted by atomic mass is 79.9. The van der Waals surface area contributed by atoms with Gasteiger partial charge >= 0.3 is 31.0 Å². The number of hydrogen-bond donors (Lipinski definition) is 5. The molecule has 1 aliphatic rings. The number of ether oxygens (including phenoxy) is 7. The number of carbonyl (C=O) groups excluding carboxylic acids is 3. The van der Waals surface area contributed by atoms with Gasteiger partial charge in [0.15, 0.2) is 0 Å². The monoisotopic (exact) mass is 1950 g/mol. The van der Waals surface area contributed by atoms with Crippen LogP contribution >= 0.6 is 15.9 Å². The first-order chi connectivity index (χ1) is 67.1. The number of hydrogen-bond acceptors (Lipinski definition) is 25. The average Bonchev–Trinajstić information content (AvgIpc) is 1.65. The van der Waals surface area contributed by atoms with Crippen LogP contribution in [0.15, 0.2) is 235 Å². The molecular weight excluding hydrogens is 1830 g/mol. The number of esters is 3. The predicted molar refractivity (Wildman–Crippen MR) is 553 cm³/mol. The van der Waals surface area contributed by atoms with Gasteiger partial charge in [-0.1, -0.05) is 155 Å². The lowest BCUT2D eigenvalue weighted by Gasteiger charge is -2.32. The third-order valence-electron chi connectivity index (χ3n) is 22.8. The third kappa shape index (κ3) is 31.3. The van der Waals surface area contributed by atoms with Crippen molar-refractivity contribution in [2.24, 2.45) is 11.8 Å². The Hall–Kier alpha value is -15.5. The van der Waals surface area contributed by atoms with E-state index in [0.29, 0.717) is 119 Å². The number of nitrogens with one attached hydrogen (secondary N) is 4. The van der Waals surface area contributed by atoms with Crippen LogP contribution in [0.25, 0.3) is 45.5 Å². The summed E-state index contributed by atoms with van der Waals surface area (Å²) in [6, 6.07) is 71.9. The number of nitrogens with zero attached hydrogens (tertiary/aromatic N) is 8. The zero-order valence-corrected chi connectivity index (χ0v) is 84.3. The van der Waals surface area contributed by atoms with Gasteiger partial charge in [-0.05, 0) is 256 Å². The van der Waals surface area contributed by atoms with Gasteiger partial charge in [0, 0.05) is 99.9 Å². The van der Waals surface area contributed by atoms with E-state index in [9.17, 15) is 40.1 Å². The van der Waals surface area contributed by atoms with Crippen LogP contribution in [0.4, 0.5) is 23.3 Å². The molecular formula is C112H120BBrN12O14. The minimum Gasteiger partial charge on any atom is -0.495 e. The van der Waals surface area contributed by atoms with Crippen molar-refractivity contribution < 1.29 is 66.8 Å². The van der Waals surface area contributed by atoms with Gasteiger partial charge in [-0.15, -0.1) is 0 Å². The summed E-state index contributed by atoms with van der Waals surface area (Å²) >= 11 is 3.32. The fourth-order valence-electron chi connectivity index (χ4n) is 14.8. The number of carbonyl (C=O) groups is 4. The summed E-state index contributed by atoms with van der Waals surface area (Å²) in [6.45, 7) is 32.3. The number of methoxy groups -OCH3 is 4. The molecule has 13 rings (SSSR count). The number of halogens is 1. The van der Waals surface area contributed by atoms with Gasteiger partial charge in [-0.3, -0.25) is 9.59 Å². The van der Waals surface area contributed by atoms with Crippen molar-refractivity contribution in [3.63, 3.8) is 0 Å². The second-order valence-corrected chi connectivity index (χ2v) is 35.1. The Balaban J connectivity index is 0.000000198. The van der Waals surface area contributed by atoms with E-state index in [1.54, 1.807) is 103 Å². The summed E-state index contributed by atoms with van der Waals surface area (Å²) in [5.41, 5.74) is 20.2. The molecule has 4 aromatic heterocycles. The lowest BCUT2D eigenvalue weighted by molar-refractivity contribution is -0.147. The van der Waals surface area contributed by atoms with Gasteiger partial charge < -0.3 is 68.8 Å². The highest BCUT2D eigenvalue weighted by Gasteiger charge is 2.52. The fraction of sp³-hybridized carbons (Fsp3) is 0.286. The Morgan fingerprint density at radius 1 is 0.421 bits per heavy atom. The Morgan fingerprint density at radius 2 is 0.743 bits per heavy atom. The van der Waals surface area contributed by atoms with E-state index in [1.165, 1.54) is 72.9 Å². The van der Waals surface area contributed by atoms with E-state index in [1.807, 2.05) is 98.0 Å². The second kappa shape index (κ2) is 52.7. The minimum atomic E-state index is -0.892. The molecule has 12 aromatic rings. The number of aryl methyl sites for hydroxylation is 4. The molecule has 1 aliphatic heterocycles. The van der Waals surface area contributed by atoms with E-state index < -0.39 is 17.9 Å². The Bertz CT molecular complexity index is 6530. The molecule has 5 heterocycles. The largest absolute Gasteiger partial charge is 0.496 e. The SMILES string of the molecule is CCOC(=O)/C(C)=C/c1cc(-c2ccc(NCc3cccc(C)c3)nc2)cc(C#N)c1OC.CCOC(=O)/C(C)=C/c1cc(Br)cc(C#N)c1OC.CCOC(=O)C(C)Cc1cc(-c2ccc(NCc3cccc(C)c3)nc2)cc(C#N)c1OC.COc1c(C#N)cc(-c2ccc(NCc3cccc(C)c3)nc2)cc1CC(C)C(=O)O.Cc1cccc(CNc2ccc(B3OC(C)(C)C(C)(C)O3)cn2)c1. The Kier molecular flexibility index (Phi) is 40.8. The van der Waals surface area contributed by atoms with Crippen LogP contribution in [0.1, 0.15) is 165 Å². The molecule has 0 aliphatic carbocycles. The lowest BCUT2D eigenvalue weighted by atomic mass is 9.80. The molecule has 8 aromatic carbocycles. The van der Waals surface area contributed by atoms with Crippen molar-refractivity contribution in [1.82, 2.24) is 19.9 Å². The normalized spacial score (nSPS) is 12.4. The number of aliphatic carboxylic acids is 1. The number of pyridine rings is 4. The quantitative estimate of drug-likeness (QED) is 0.0110. The van der Waals surface area contributed by atoms with Crippen molar-refractivity contribution in [2.75, 3.05) is 69.5 Å². The Morgan fingerprint density at radius 3 is 1.05 bits per heavy atom. The Labute approximate surface area is 830 Å². The van der Waals surface area contributed by atoms with E-state index in [0.717, 1.165) is 78.7 Å². The first kappa shape index (κ1) is 108. The molecule has 0 radical (unpaired) electrons. The molecule has 140 heavy (non-hydrogen) atoms. The zero-order valence-electron chi connectivity index (χ0n) is 82.7. The maximum absolute atomic E-state index is 12.1. The van der Waals surface area contributed by atoms with Gasteiger partial charge in [-0.2, -0.15) is 21.0 Å². The number of nitriles is 4. The van der Waals surface area contributed by atoms with Crippen LogP contribution in [-0.2, 0) is 81.7 Å². The van der Waals surface area contributed by atoms with Crippen molar-refractivity contribution in [3.8, 4) is 80.7 Å². The van der Waals surface area contributed by atoms with Crippen LogP contribution in [-0.4, -0.2) is 115 Å². The van der Waals surface area contributed by atoms with Gasteiger partial charge in [-0.25, -0.2) is 29.5 Å². The first-order valence-corrected chi connectivity index (χ1v) is 46.5. The molecule has 26 nitrogen and oxygen atoms in total. The maximum atomic E-state index is 12.1.